The van der Waals surface area contributed by atoms with Gasteiger partial charge in [0.2, 0.25) is 0 Å². The minimum atomic E-state index is -1.30. The van der Waals surface area contributed by atoms with Crippen molar-refractivity contribution in [2.75, 3.05) is 0 Å². The molecule has 2 aliphatic carbocycles. The number of aliphatic carboxylic acids is 1. The highest BCUT2D eigenvalue weighted by Gasteiger charge is 2.97. The summed E-state index contributed by atoms with van der Waals surface area (Å²) >= 11 is 23.1. The van der Waals surface area contributed by atoms with Crippen LogP contribution in [-0.4, -0.2) is 19.7 Å². The lowest BCUT2D eigenvalue weighted by Crippen LogP contribution is -2.03. The molecule has 12 heavy (non-hydrogen) atoms. The van der Waals surface area contributed by atoms with Crippen molar-refractivity contribution >= 4 is 52.4 Å². The number of carbonyl (C=O) groups is 1. The predicted octanol–water partition coefficient (Wildman–Crippen LogP) is 2.44. The molecule has 1 atom stereocenters. The zero-order valence-electron chi connectivity index (χ0n) is 5.65. The first-order chi connectivity index (χ1) is 5.29. The average molecular weight is 250 g/mol. The maximum Gasteiger partial charge on any atom is 0.307 e. The summed E-state index contributed by atoms with van der Waals surface area (Å²) in [6, 6.07) is 0. The van der Waals surface area contributed by atoms with Crippen LogP contribution in [-0.2, 0) is 4.79 Å². The Morgan fingerprint density at radius 1 is 1.25 bits per heavy atom. The molecule has 68 valence electrons. The molecule has 1 spiro atoms. The molecule has 0 saturated heterocycles. The highest BCUT2D eigenvalue weighted by Crippen LogP contribution is 2.90. The van der Waals surface area contributed by atoms with Crippen LogP contribution in [0.5, 0.6) is 0 Å². The van der Waals surface area contributed by atoms with Crippen LogP contribution in [0, 0.1) is 11.3 Å². The van der Waals surface area contributed by atoms with Crippen molar-refractivity contribution in [3.63, 3.8) is 0 Å². The summed E-state index contributed by atoms with van der Waals surface area (Å²) in [6.07, 6.45) is 0.363. The average Bonchev–Trinajstić information content (AvgIpc) is 2.66. The number of hydrogen-bond donors (Lipinski definition) is 1. The smallest absolute Gasteiger partial charge is 0.307 e. The molecule has 2 rings (SSSR count). The molecule has 2 aliphatic rings. The van der Waals surface area contributed by atoms with Gasteiger partial charge in [0.1, 0.15) is 0 Å². The van der Waals surface area contributed by atoms with Gasteiger partial charge in [0.25, 0.3) is 0 Å². The first kappa shape index (κ1) is 9.20. The fourth-order valence-electron chi connectivity index (χ4n) is 1.74. The van der Waals surface area contributed by atoms with E-state index in [4.69, 9.17) is 51.5 Å². The van der Waals surface area contributed by atoms with Crippen LogP contribution in [0.4, 0.5) is 0 Å². The van der Waals surface area contributed by atoms with E-state index in [0.717, 1.165) is 0 Å². The summed E-state index contributed by atoms with van der Waals surface area (Å²) < 4.78 is -2.60. The lowest BCUT2D eigenvalue weighted by atomic mass is 10.3. The van der Waals surface area contributed by atoms with Gasteiger partial charge in [0.05, 0.1) is 11.3 Å². The summed E-state index contributed by atoms with van der Waals surface area (Å²) in [5.41, 5.74) is -0.807. The van der Waals surface area contributed by atoms with Crippen LogP contribution in [0.2, 0.25) is 0 Å². The van der Waals surface area contributed by atoms with Gasteiger partial charge in [-0.05, 0) is 6.42 Å². The predicted molar refractivity (Wildman–Crippen MR) is 47.0 cm³/mol. The Morgan fingerprint density at radius 3 is 1.75 bits per heavy atom. The lowest BCUT2D eigenvalue weighted by Gasteiger charge is -1.93. The molecule has 0 aromatic rings. The van der Waals surface area contributed by atoms with Gasteiger partial charge in [-0.25, -0.2) is 0 Å². The van der Waals surface area contributed by atoms with Crippen LogP contribution < -0.4 is 0 Å². The van der Waals surface area contributed by atoms with E-state index in [1.165, 1.54) is 0 Å². The highest BCUT2D eigenvalue weighted by atomic mass is 35.5. The number of hydrogen-bond acceptors (Lipinski definition) is 1. The maximum atomic E-state index is 10.6. The zero-order chi connectivity index (χ0) is 9.36. The van der Waals surface area contributed by atoms with Gasteiger partial charge < -0.3 is 5.11 Å². The molecule has 1 N–H and O–H groups in total. The number of rotatable bonds is 1. The topological polar surface area (TPSA) is 37.3 Å². The molecule has 0 aromatic heterocycles. The molecule has 1 unspecified atom stereocenters. The van der Waals surface area contributed by atoms with Gasteiger partial charge in [0.15, 0.2) is 8.67 Å². The Morgan fingerprint density at radius 2 is 1.67 bits per heavy atom. The second-order valence-corrected chi connectivity index (χ2v) is 5.87. The summed E-state index contributed by atoms with van der Waals surface area (Å²) in [4.78, 5) is 10.6. The van der Waals surface area contributed by atoms with Crippen molar-refractivity contribution in [3.8, 4) is 0 Å². The maximum absolute atomic E-state index is 10.6. The molecule has 0 aliphatic heterocycles. The third-order valence-electron chi connectivity index (χ3n) is 2.71. The minimum absolute atomic E-state index is 0.363. The number of alkyl halides is 4. The highest BCUT2D eigenvalue weighted by molar-refractivity contribution is 6.69. The molecule has 0 radical (unpaired) electrons. The Labute approximate surface area is 88.7 Å². The SMILES string of the molecule is O=C(O)C1CC12C(Cl)(Cl)C2(Cl)Cl. The molecule has 0 amide bonds. The Bertz CT molecular complexity index is 259. The molecule has 0 heterocycles. The minimum Gasteiger partial charge on any atom is -0.481 e. The second kappa shape index (κ2) is 2.00. The van der Waals surface area contributed by atoms with Crippen molar-refractivity contribution in [1.29, 1.82) is 0 Å². The molecule has 6 heteroatoms. The zero-order valence-corrected chi connectivity index (χ0v) is 8.68. The summed E-state index contributed by atoms with van der Waals surface area (Å²) in [5.74, 6) is -1.54. The Hall–Kier alpha value is 0.630. The molecule has 2 nitrogen and oxygen atoms in total. The fraction of sp³-hybridized carbons (Fsp3) is 0.833. The number of halogens is 4. The largest absolute Gasteiger partial charge is 0.481 e. The molecule has 2 saturated carbocycles. The normalized spacial score (nSPS) is 37.8. The first-order valence-electron chi connectivity index (χ1n) is 3.27. The van der Waals surface area contributed by atoms with Crippen LogP contribution in [0.1, 0.15) is 6.42 Å². The van der Waals surface area contributed by atoms with E-state index in [9.17, 15) is 4.79 Å². The van der Waals surface area contributed by atoms with Gasteiger partial charge in [-0.15, -0.1) is 0 Å². The molecular weight excluding hydrogens is 246 g/mol. The molecule has 0 bridgehead atoms. The van der Waals surface area contributed by atoms with Gasteiger partial charge in [0, 0.05) is 0 Å². The molecule has 2 fully saturated rings. The number of carboxylic acid groups (broad SMARTS) is 1. The van der Waals surface area contributed by atoms with E-state index in [2.05, 4.69) is 0 Å². The number of carboxylic acids is 1. The summed E-state index contributed by atoms with van der Waals surface area (Å²) in [6.45, 7) is 0. The van der Waals surface area contributed by atoms with E-state index >= 15 is 0 Å². The van der Waals surface area contributed by atoms with Crippen LogP contribution >= 0.6 is 46.4 Å². The third-order valence-corrected chi connectivity index (χ3v) is 5.58. The van der Waals surface area contributed by atoms with Gasteiger partial charge in [-0.2, -0.15) is 0 Å². The van der Waals surface area contributed by atoms with E-state index in [-0.39, 0.29) is 0 Å². The quantitative estimate of drug-likeness (QED) is 0.725. The molecular formula is C6H4Cl4O2. The monoisotopic (exact) mass is 248 g/mol. The van der Waals surface area contributed by atoms with E-state index < -0.39 is 26.0 Å². The van der Waals surface area contributed by atoms with Crippen LogP contribution in [0.25, 0.3) is 0 Å². The van der Waals surface area contributed by atoms with Crippen LogP contribution in [0.3, 0.4) is 0 Å². The molecule has 0 aromatic carbocycles. The van der Waals surface area contributed by atoms with E-state index in [1.54, 1.807) is 0 Å². The lowest BCUT2D eigenvalue weighted by molar-refractivity contribution is -0.139. The van der Waals surface area contributed by atoms with Crippen LogP contribution in [0.15, 0.2) is 0 Å². The van der Waals surface area contributed by atoms with Crippen molar-refractivity contribution in [2.24, 2.45) is 11.3 Å². The second-order valence-electron chi connectivity index (χ2n) is 3.22. The van der Waals surface area contributed by atoms with Crippen molar-refractivity contribution in [3.05, 3.63) is 0 Å². The van der Waals surface area contributed by atoms with Gasteiger partial charge in [-0.1, -0.05) is 46.4 Å². The van der Waals surface area contributed by atoms with Crippen molar-refractivity contribution < 1.29 is 9.90 Å². The van der Waals surface area contributed by atoms with Gasteiger partial charge >= 0.3 is 5.97 Å². The van der Waals surface area contributed by atoms with E-state index in [0.29, 0.717) is 6.42 Å². The summed E-state index contributed by atoms with van der Waals surface area (Å²) in [5, 5.41) is 8.66. The Kier molecular flexibility index (Phi) is 1.53. The van der Waals surface area contributed by atoms with Gasteiger partial charge in [-0.3, -0.25) is 4.79 Å². The summed E-state index contributed by atoms with van der Waals surface area (Å²) in [7, 11) is 0. The third kappa shape index (κ3) is 0.661. The first-order valence-corrected chi connectivity index (χ1v) is 4.78. The standard InChI is InChI=1S/C6H4Cl4O2/c7-5(8)4(6(5,9)10)1-2(4)3(11)12/h2H,1H2,(H,11,12). The van der Waals surface area contributed by atoms with Crippen molar-refractivity contribution in [2.45, 2.75) is 15.1 Å². The Balaban J connectivity index is 2.27. The van der Waals surface area contributed by atoms with E-state index in [1.807, 2.05) is 0 Å². The fourth-order valence-corrected chi connectivity index (χ4v) is 3.83. The van der Waals surface area contributed by atoms with Crippen molar-refractivity contribution in [1.82, 2.24) is 0 Å².